The Kier molecular flexibility index (Phi) is 5.29. The minimum Gasteiger partial charge on any atom is -0.506 e. The zero-order chi connectivity index (χ0) is 14.7. The van der Waals surface area contributed by atoms with E-state index < -0.39 is 0 Å². The molecule has 0 atom stereocenters. The molecule has 0 radical (unpaired) electrons. The Bertz CT molecular complexity index is 676. The first-order chi connectivity index (χ1) is 9.51. The van der Waals surface area contributed by atoms with Crippen LogP contribution in [-0.2, 0) is 0 Å². The second-order valence-electron chi connectivity index (χ2n) is 3.90. The Morgan fingerprint density at radius 1 is 1.35 bits per heavy atom. The number of methoxy groups -OCH3 is 1. The van der Waals surface area contributed by atoms with E-state index >= 15 is 0 Å². The summed E-state index contributed by atoms with van der Waals surface area (Å²) in [7, 11) is 1.57. The maximum atomic E-state index is 10.0. The number of hydrogen-bond donors (Lipinski definition) is 1. The first-order valence-corrected chi connectivity index (χ1v) is 7.82. The third kappa shape index (κ3) is 3.65. The summed E-state index contributed by atoms with van der Waals surface area (Å²) < 4.78 is 6.84. The van der Waals surface area contributed by atoms with Crippen molar-refractivity contribution >= 4 is 62.0 Å². The van der Waals surface area contributed by atoms with Gasteiger partial charge in [-0.15, -0.1) is 0 Å². The van der Waals surface area contributed by atoms with Gasteiger partial charge in [-0.3, -0.25) is 4.99 Å². The molecule has 6 heteroatoms. The number of halogens is 3. The molecule has 0 aliphatic heterocycles. The topological polar surface area (TPSA) is 41.8 Å². The minimum absolute atomic E-state index is 0.193. The highest BCUT2D eigenvalue weighted by Gasteiger charge is 2.06. The number of nitrogens with zero attached hydrogens (tertiary/aromatic N) is 1. The summed E-state index contributed by atoms with van der Waals surface area (Å²) in [5.41, 5.74) is 1.22. The number of aliphatic imine (C=N–C) groups is 1. The molecule has 0 aliphatic rings. The standard InChI is InChI=1S/C14H10BrClINO2/c1-20-13-3-2-10(16)6-12(13)18-7-8-4-9(15)5-11(17)14(8)19/h2-7,19H,1H3. The molecule has 2 aromatic carbocycles. The lowest BCUT2D eigenvalue weighted by Gasteiger charge is -2.05. The van der Waals surface area contributed by atoms with Crippen molar-refractivity contribution in [2.75, 3.05) is 7.11 Å². The molecule has 104 valence electrons. The average molecular weight is 467 g/mol. The molecule has 2 aromatic rings. The van der Waals surface area contributed by atoms with Crippen molar-refractivity contribution in [1.29, 1.82) is 0 Å². The number of benzene rings is 2. The van der Waals surface area contributed by atoms with Crippen LogP contribution in [0.4, 0.5) is 5.69 Å². The highest BCUT2D eigenvalue weighted by molar-refractivity contribution is 14.1. The average Bonchev–Trinajstić information content (AvgIpc) is 2.41. The van der Waals surface area contributed by atoms with E-state index in [-0.39, 0.29) is 5.75 Å². The van der Waals surface area contributed by atoms with Crippen LogP contribution in [-0.4, -0.2) is 18.4 Å². The fraction of sp³-hybridized carbons (Fsp3) is 0.0714. The first kappa shape index (κ1) is 15.6. The van der Waals surface area contributed by atoms with Gasteiger partial charge in [0.1, 0.15) is 17.2 Å². The summed E-state index contributed by atoms with van der Waals surface area (Å²) in [5, 5.41) is 10.6. The SMILES string of the molecule is COc1ccc(Cl)cc1N=Cc1cc(Br)cc(I)c1O. The van der Waals surface area contributed by atoms with Gasteiger partial charge < -0.3 is 9.84 Å². The van der Waals surface area contributed by atoms with Crippen molar-refractivity contribution in [2.24, 2.45) is 4.99 Å². The van der Waals surface area contributed by atoms with Crippen molar-refractivity contribution in [1.82, 2.24) is 0 Å². The zero-order valence-corrected chi connectivity index (χ0v) is 14.9. The fourth-order valence-corrected chi connectivity index (χ4v) is 3.30. The van der Waals surface area contributed by atoms with Crippen molar-refractivity contribution in [3.8, 4) is 11.5 Å². The van der Waals surface area contributed by atoms with E-state index in [2.05, 4.69) is 43.5 Å². The first-order valence-electron chi connectivity index (χ1n) is 5.57. The second-order valence-corrected chi connectivity index (χ2v) is 6.41. The molecule has 0 spiro atoms. The maximum absolute atomic E-state index is 10.0. The van der Waals surface area contributed by atoms with Gasteiger partial charge in [-0.05, 0) is 52.9 Å². The van der Waals surface area contributed by atoms with Gasteiger partial charge in [0.2, 0.25) is 0 Å². The van der Waals surface area contributed by atoms with E-state index in [9.17, 15) is 5.11 Å². The lowest BCUT2D eigenvalue weighted by molar-refractivity contribution is 0.416. The van der Waals surface area contributed by atoms with Crippen LogP contribution in [0, 0.1) is 3.57 Å². The number of phenolic OH excluding ortho intramolecular Hbond substituents is 1. The molecule has 0 aliphatic carbocycles. The van der Waals surface area contributed by atoms with Gasteiger partial charge in [-0.1, -0.05) is 27.5 Å². The molecule has 2 rings (SSSR count). The smallest absolute Gasteiger partial charge is 0.144 e. The molecular weight excluding hydrogens is 456 g/mol. The molecule has 3 nitrogen and oxygen atoms in total. The number of aromatic hydroxyl groups is 1. The molecular formula is C14H10BrClINO2. The van der Waals surface area contributed by atoms with Gasteiger partial charge in [0.05, 0.1) is 10.7 Å². The van der Waals surface area contributed by atoms with Crippen LogP contribution >= 0.6 is 50.1 Å². The highest BCUT2D eigenvalue weighted by atomic mass is 127. The Morgan fingerprint density at radius 2 is 2.10 bits per heavy atom. The van der Waals surface area contributed by atoms with Crippen LogP contribution < -0.4 is 4.74 Å². The molecule has 0 unspecified atom stereocenters. The summed E-state index contributed by atoms with van der Waals surface area (Å²) in [6.07, 6.45) is 1.58. The molecule has 0 fully saturated rings. The maximum Gasteiger partial charge on any atom is 0.144 e. The van der Waals surface area contributed by atoms with Gasteiger partial charge in [0.15, 0.2) is 0 Å². The van der Waals surface area contributed by atoms with Crippen LogP contribution in [0.25, 0.3) is 0 Å². The van der Waals surface area contributed by atoms with Crippen molar-refractivity contribution in [3.63, 3.8) is 0 Å². The Hall–Kier alpha value is -0.790. The van der Waals surface area contributed by atoms with E-state index in [1.54, 1.807) is 37.6 Å². The van der Waals surface area contributed by atoms with Crippen LogP contribution in [0.5, 0.6) is 11.5 Å². The lowest BCUT2D eigenvalue weighted by Crippen LogP contribution is -1.87. The molecule has 0 bridgehead atoms. The predicted molar refractivity (Wildman–Crippen MR) is 93.8 cm³/mol. The highest BCUT2D eigenvalue weighted by Crippen LogP contribution is 2.32. The number of ether oxygens (including phenoxy) is 1. The minimum atomic E-state index is 0.193. The molecule has 0 saturated heterocycles. The summed E-state index contributed by atoms with van der Waals surface area (Å²) >= 11 is 11.4. The molecule has 1 N–H and O–H groups in total. The van der Waals surface area contributed by atoms with Crippen LogP contribution in [0.1, 0.15) is 5.56 Å². The van der Waals surface area contributed by atoms with Crippen molar-refractivity contribution in [2.45, 2.75) is 0 Å². The van der Waals surface area contributed by atoms with Crippen molar-refractivity contribution in [3.05, 3.63) is 49.0 Å². The molecule has 0 amide bonds. The Morgan fingerprint density at radius 3 is 2.80 bits per heavy atom. The van der Waals surface area contributed by atoms with E-state index in [1.165, 1.54) is 0 Å². The van der Waals surface area contributed by atoms with E-state index in [0.29, 0.717) is 22.0 Å². The van der Waals surface area contributed by atoms with Gasteiger partial charge in [-0.2, -0.15) is 0 Å². The third-order valence-corrected chi connectivity index (χ3v) is 4.06. The van der Waals surface area contributed by atoms with E-state index in [0.717, 1.165) is 8.04 Å². The second kappa shape index (κ2) is 6.78. The monoisotopic (exact) mass is 465 g/mol. The molecule has 0 aromatic heterocycles. The van der Waals surface area contributed by atoms with Gasteiger partial charge in [0, 0.05) is 21.3 Å². The lowest BCUT2D eigenvalue weighted by atomic mass is 10.2. The normalized spacial score (nSPS) is 11.0. The quantitative estimate of drug-likeness (QED) is 0.501. The van der Waals surface area contributed by atoms with E-state index in [4.69, 9.17) is 16.3 Å². The van der Waals surface area contributed by atoms with Gasteiger partial charge in [0.25, 0.3) is 0 Å². The Balaban J connectivity index is 2.42. The van der Waals surface area contributed by atoms with Crippen molar-refractivity contribution < 1.29 is 9.84 Å². The Labute approximate surface area is 143 Å². The van der Waals surface area contributed by atoms with Crippen LogP contribution in [0.15, 0.2) is 39.8 Å². The van der Waals surface area contributed by atoms with Gasteiger partial charge >= 0.3 is 0 Å². The van der Waals surface area contributed by atoms with Crippen LogP contribution in [0.3, 0.4) is 0 Å². The third-order valence-electron chi connectivity index (χ3n) is 2.54. The molecule has 20 heavy (non-hydrogen) atoms. The fourth-order valence-electron chi connectivity index (χ4n) is 1.59. The number of rotatable bonds is 3. The summed E-state index contributed by atoms with van der Waals surface area (Å²) in [6.45, 7) is 0. The predicted octanol–water partition coefficient (Wildman–Crippen LogP) is 5.17. The largest absolute Gasteiger partial charge is 0.506 e. The van der Waals surface area contributed by atoms with Crippen LogP contribution in [0.2, 0.25) is 5.02 Å². The summed E-state index contributed by atoms with van der Waals surface area (Å²) in [6, 6.07) is 8.81. The number of hydrogen-bond acceptors (Lipinski definition) is 3. The number of phenols is 1. The zero-order valence-electron chi connectivity index (χ0n) is 10.4. The summed E-state index contributed by atoms with van der Waals surface area (Å²) in [5.74, 6) is 0.813. The summed E-state index contributed by atoms with van der Waals surface area (Å²) in [4.78, 5) is 4.33. The molecule has 0 saturated carbocycles. The molecule has 0 heterocycles. The van der Waals surface area contributed by atoms with Gasteiger partial charge in [-0.25, -0.2) is 0 Å². The van der Waals surface area contributed by atoms with E-state index in [1.807, 2.05) is 6.07 Å².